The van der Waals surface area contributed by atoms with Crippen LogP contribution in [0.1, 0.15) is 53.6 Å². The highest BCUT2D eigenvalue weighted by molar-refractivity contribution is 5.78. The van der Waals surface area contributed by atoms with Gasteiger partial charge >= 0.3 is 0 Å². The SMILES string of the molecule is Cc1ccc([C@H](C)NC(=O)COc2ccc3c(c2)CCCC3)cc1C. The molecule has 0 bridgehead atoms. The van der Waals surface area contributed by atoms with Gasteiger partial charge in [-0.1, -0.05) is 24.3 Å². The molecule has 0 saturated heterocycles. The molecule has 0 spiro atoms. The van der Waals surface area contributed by atoms with E-state index in [0.29, 0.717) is 0 Å². The summed E-state index contributed by atoms with van der Waals surface area (Å²) < 4.78 is 5.70. The van der Waals surface area contributed by atoms with Crippen LogP contribution in [0.25, 0.3) is 0 Å². The van der Waals surface area contributed by atoms with E-state index < -0.39 is 0 Å². The Kier molecular flexibility index (Phi) is 5.42. The second-order valence-corrected chi connectivity index (χ2v) is 7.06. The molecule has 0 unspecified atom stereocenters. The lowest BCUT2D eigenvalue weighted by Gasteiger charge is -2.18. The zero-order chi connectivity index (χ0) is 17.8. The van der Waals surface area contributed by atoms with Crippen molar-refractivity contribution in [3.63, 3.8) is 0 Å². The summed E-state index contributed by atoms with van der Waals surface area (Å²) in [5, 5.41) is 3.01. The molecule has 1 N–H and O–H groups in total. The summed E-state index contributed by atoms with van der Waals surface area (Å²) in [5.41, 5.74) is 6.41. The molecular weight excluding hydrogens is 310 g/mol. The summed E-state index contributed by atoms with van der Waals surface area (Å²) in [6.45, 7) is 6.23. The number of ether oxygens (including phenoxy) is 1. The first-order chi connectivity index (χ1) is 12.0. The molecule has 25 heavy (non-hydrogen) atoms. The number of hydrogen-bond donors (Lipinski definition) is 1. The third-order valence-electron chi connectivity index (χ3n) is 5.10. The van der Waals surface area contributed by atoms with Crippen molar-refractivity contribution in [2.75, 3.05) is 6.61 Å². The summed E-state index contributed by atoms with van der Waals surface area (Å²) >= 11 is 0. The van der Waals surface area contributed by atoms with Crippen molar-refractivity contribution in [1.82, 2.24) is 5.32 Å². The van der Waals surface area contributed by atoms with Crippen LogP contribution < -0.4 is 10.1 Å². The Hall–Kier alpha value is -2.29. The maximum atomic E-state index is 12.2. The predicted molar refractivity (Wildman–Crippen MR) is 101 cm³/mol. The number of fused-ring (bicyclic) bond motifs is 1. The summed E-state index contributed by atoms with van der Waals surface area (Å²) in [5.74, 6) is 0.693. The third kappa shape index (κ3) is 4.41. The van der Waals surface area contributed by atoms with Crippen molar-refractivity contribution in [3.8, 4) is 5.75 Å². The Bertz CT molecular complexity index is 767. The number of carbonyl (C=O) groups excluding carboxylic acids is 1. The van der Waals surface area contributed by atoms with E-state index in [9.17, 15) is 4.79 Å². The quantitative estimate of drug-likeness (QED) is 0.876. The van der Waals surface area contributed by atoms with Crippen molar-refractivity contribution >= 4 is 5.91 Å². The maximum Gasteiger partial charge on any atom is 0.258 e. The molecule has 0 aliphatic heterocycles. The molecule has 0 radical (unpaired) electrons. The Balaban J connectivity index is 1.54. The fourth-order valence-electron chi connectivity index (χ4n) is 3.35. The maximum absolute atomic E-state index is 12.2. The summed E-state index contributed by atoms with van der Waals surface area (Å²) in [6, 6.07) is 12.5. The minimum absolute atomic E-state index is 0.0288. The van der Waals surface area contributed by atoms with Gasteiger partial charge in [-0.3, -0.25) is 4.79 Å². The molecule has 3 nitrogen and oxygen atoms in total. The van der Waals surface area contributed by atoms with Crippen molar-refractivity contribution in [1.29, 1.82) is 0 Å². The van der Waals surface area contributed by atoms with Gasteiger partial charge in [-0.15, -0.1) is 0 Å². The topological polar surface area (TPSA) is 38.3 Å². The lowest BCUT2D eigenvalue weighted by Crippen LogP contribution is -2.31. The van der Waals surface area contributed by atoms with E-state index in [1.54, 1.807) is 0 Å². The number of nitrogens with one attached hydrogen (secondary N) is 1. The van der Waals surface area contributed by atoms with Gasteiger partial charge in [-0.2, -0.15) is 0 Å². The third-order valence-corrected chi connectivity index (χ3v) is 5.10. The van der Waals surface area contributed by atoms with Gasteiger partial charge in [0.1, 0.15) is 5.75 Å². The van der Waals surface area contributed by atoms with Gasteiger partial charge in [0.15, 0.2) is 6.61 Å². The Labute approximate surface area is 150 Å². The highest BCUT2D eigenvalue weighted by atomic mass is 16.5. The summed E-state index contributed by atoms with van der Waals surface area (Å²) in [4.78, 5) is 12.2. The standard InChI is InChI=1S/C22H27NO2/c1-15-8-9-19(12-16(15)2)17(3)23-22(24)14-25-21-11-10-18-6-4-5-7-20(18)13-21/h8-13,17H,4-7,14H2,1-3H3,(H,23,24)/t17-/m0/s1. The molecule has 0 fully saturated rings. The first-order valence-corrected chi connectivity index (χ1v) is 9.14. The van der Waals surface area contributed by atoms with Gasteiger partial charge in [0, 0.05) is 0 Å². The van der Waals surface area contributed by atoms with Gasteiger partial charge in [-0.05, 0) is 86.4 Å². The number of benzene rings is 2. The van der Waals surface area contributed by atoms with Crippen molar-refractivity contribution < 1.29 is 9.53 Å². The van der Waals surface area contributed by atoms with Crippen molar-refractivity contribution in [2.45, 2.75) is 52.5 Å². The molecule has 2 aromatic carbocycles. The van der Waals surface area contributed by atoms with Gasteiger partial charge in [0.25, 0.3) is 5.91 Å². The molecule has 0 saturated carbocycles. The fraction of sp³-hybridized carbons (Fsp3) is 0.409. The van der Waals surface area contributed by atoms with E-state index in [0.717, 1.165) is 24.2 Å². The molecule has 1 amide bonds. The first-order valence-electron chi connectivity index (χ1n) is 9.14. The van der Waals surface area contributed by atoms with Gasteiger partial charge in [-0.25, -0.2) is 0 Å². The van der Waals surface area contributed by atoms with E-state index in [4.69, 9.17) is 4.74 Å². The Morgan fingerprint density at radius 1 is 1.04 bits per heavy atom. The lowest BCUT2D eigenvalue weighted by atomic mass is 9.92. The monoisotopic (exact) mass is 337 g/mol. The van der Waals surface area contributed by atoms with E-state index in [-0.39, 0.29) is 18.6 Å². The molecule has 0 aromatic heterocycles. The number of hydrogen-bond acceptors (Lipinski definition) is 2. The molecule has 2 aromatic rings. The van der Waals surface area contributed by atoms with E-state index >= 15 is 0 Å². The first kappa shape index (κ1) is 17.5. The van der Waals surface area contributed by atoms with E-state index in [1.165, 1.54) is 35.1 Å². The van der Waals surface area contributed by atoms with Crippen molar-refractivity contribution in [2.24, 2.45) is 0 Å². The van der Waals surface area contributed by atoms with Gasteiger partial charge in [0.05, 0.1) is 6.04 Å². The average Bonchev–Trinajstić information content (AvgIpc) is 2.62. The van der Waals surface area contributed by atoms with Crippen molar-refractivity contribution in [3.05, 3.63) is 64.2 Å². The zero-order valence-corrected chi connectivity index (χ0v) is 15.4. The fourth-order valence-corrected chi connectivity index (χ4v) is 3.35. The molecular formula is C22H27NO2. The van der Waals surface area contributed by atoms with Crippen LogP contribution in [-0.4, -0.2) is 12.5 Å². The predicted octanol–water partition coefficient (Wildman–Crippen LogP) is 4.44. The molecule has 3 heteroatoms. The van der Waals surface area contributed by atoms with Crippen LogP contribution in [-0.2, 0) is 17.6 Å². The summed E-state index contributed by atoms with van der Waals surface area (Å²) in [6.07, 6.45) is 4.78. The van der Waals surface area contributed by atoms with Crippen LogP contribution >= 0.6 is 0 Å². The normalized spacial score (nSPS) is 14.5. The molecule has 3 rings (SSSR count). The molecule has 0 heterocycles. The van der Waals surface area contributed by atoms with E-state index in [1.807, 2.05) is 13.0 Å². The second-order valence-electron chi connectivity index (χ2n) is 7.06. The number of carbonyl (C=O) groups is 1. The summed E-state index contributed by atoms with van der Waals surface area (Å²) in [7, 11) is 0. The van der Waals surface area contributed by atoms with Crippen LogP contribution in [0.15, 0.2) is 36.4 Å². The smallest absolute Gasteiger partial charge is 0.258 e. The van der Waals surface area contributed by atoms with Crippen LogP contribution in [0.5, 0.6) is 5.75 Å². The minimum atomic E-state index is -0.0940. The number of aryl methyl sites for hydroxylation is 4. The number of rotatable bonds is 5. The van der Waals surface area contributed by atoms with Gasteiger partial charge < -0.3 is 10.1 Å². The number of amides is 1. The lowest BCUT2D eigenvalue weighted by molar-refractivity contribution is -0.123. The average molecular weight is 337 g/mol. The van der Waals surface area contributed by atoms with Crippen LogP contribution in [0, 0.1) is 13.8 Å². The Morgan fingerprint density at radius 3 is 2.56 bits per heavy atom. The zero-order valence-electron chi connectivity index (χ0n) is 15.4. The minimum Gasteiger partial charge on any atom is -0.484 e. The van der Waals surface area contributed by atoms with Gasteiger partial charge in [0.2, 0.25) is 0 Å². The Morgan fingerprint density at radius 2 is 1.80 bits per heavy atom. The van der Waals surface area contributed by atoms with Crippen LogP contribution in [0.4, 0.5) is 0 Å². The largest absolute Gasteiger partial charge is 0.484 e. The van der Waals surface area contributed by atoms with E-state index in [2.05, 4.69) is 49.5 Å². The van der Waals surface area contributed by atoms with Crippen LogP contribution in [0.3, 0.4) is 0 Å². The molecule has 132 valence electrons. The highest BCUT2D eigenvalue weighted by Crippen LogP contribution is 2.25. The molecule has 1 aliphatic carbocycles. The molecule has 1 aliphatic rings. The molecule has 1 atom stereocenters. The highest BCUT2D eigenvalue weighted by Gasteiger charge is 2.13. The van der Waals surface area contributed by atoms with Crippen LogP contribution in [0.2, 0.25) is 0 Å². The second kappa shape index (κ2) is 7.73.